The van der Waals surface area contributed by atoms with Gasteiger partial charge in [0, 0.05) is 10.6 Å². The molecule has 3 N–H and O–H groups in total. The zero-order valence-electron chi connectivity index (χ0n) is 9.47. The Balaban J connectivity index is 2.28. The lowest BCUT2D eigenvalue weighted by Gasteiger charge is -2.10. The van der Waals surface area contributed by atoms with Crippen LogP contribution in [0.15, 0.2) is 34.3 Å². The SMILES string of the molecule is CC(OCCSc1ccccc1F)/C(N)=N/O. The van der Waals surface area contributed by atoms with Crippen LogP contribution >= 0.6 is 11.8 Å². The van der Waals surface area contributed by atoms with Gasteiger partial charge < -0.3 is 15.7 Å². The standard InChI is InChI=1S/C11H15FN2O2S/c1-8(11(13)14-15)16-6-7-17-10-5-3-2-4-9(10)12/h2-5,8,15H,6-7H2,1H3,(H2,13,14). The lowest BCUT2D eigenvalue weighted by Crippen LogP contribution is -2.29. The van der Waals surface area contributed by atoms with Crippen molar-refractivity contribution in [2.24, 2.45) is 10.9 Å². The molecular weight excluding hydrogens is 243 g/mol. The van der Waals surface area contributed by atoms with Gasteiger partial charge in [-0.1, -0.05) is 17.3 Å². The number of amidine groups is 1. The van der Waals surface area contributed by atoms with Crippen LogP contribution in [0.3, 0.4) is 0 Å². The molecule has 0 radical (unpaired) electrons. The number of nitrogens with zero attached hydrogens (tertiary/aromatic N) is 1. The largest absolute Gasteiger partial charge is 0.409 e. The zero-order valence-corrected chi connectivity index (χ0v) is 10.3. The van der Waals surface area contributed by atoms with Crippen molar-refractivity contribution in [3.8, 4) is 0 Å². The smallest absolute Gasteiger partial charge is 0.168 e. The summed E-state index contributed by atoms with van der Waals surface area (Å²) < 4.78 is 18.5. The Labute approximate surface area is 104 Å². The molecule has 0 aromatic heterocycles. The number of nitrogens with two attached hydrogens (primary N) is 1. The molecule has 0 aliphatic rings. The summed E-state index contributed by atoms with van der Waals surface area (Å²) in [6.45, 7) is 2.08. The fraction of sp³-hybridized carbons (Fsp3) is 0.364. The summed E-state index contributed by atoms with van der Waals surface area (Å²) in [6.07, 6.45) is -0.443. The predicted molar refractivity (Wildman–Crippen MR) is 65.9 cm³/mol. The van der Waals surface area contributed by atoms with Gasteiger partial charge in [0.15, 0.2) is 5.84 Å². The molecule has 0 saturated heterocycles. The van der Waals surface area contributed by atoms with E-state index in [1.807, 2.05) is 0 Å². The molecule has 0 fully saturated rings. The minimum atomic E-state index is -0.443. The lowest BCUT2D eigenvalue weighted by atomic mass is 10.3. The summed E-state index contributed by atoms with van der Waals surface area (Å²) in [5.74, 6) is 0.396. The third kappa shape index (κ3) is 4.62. The number of benzene rings is 1. The highest BCUT2D eigenvalue weighted by atomic mass is 32.2. The Bertz CT molecular complexity index is 387. The molecule has 4 nitrogen and oxygen atoms in total. The summed E-state index contributed by atoms with van der Waals surface area (Å²) >= 11 is 1.37. The van der Waals surface area contributed by atoms with E-state index < -0.39 is 6.10 Å². The van der Waals surface area contributed by atoms with Crippen LogP contribution in [0.2, 0.25) is 0 Å². The molecule has 0 aliphatic carbocycles. The average molecular weight is 258 g/mol. The number of oxime groups is 1. The molecule has 1 rings (SSSR count). The highest BCUT2D eigenvalue weighted by molar-refractivity contribution is 7.99. The molecule has 0 amide bonds. The van der Waals surface area contributed by atoms with Crippen molar-refractivity contribution in [1.29, 1.82) is 0 Å². The number of rotatable bonds is 6. The fourth-order valence-corrected chi connectivity index (χ4v) is 1.89. The van der Waals surface area contributed by atoms with Gasteiger partial charge >= 0.3 is 0 Å². The predicted octanol–water partition coefficient (Wildman–Crippen LogP) is 2.07. The van der Waals surface area contributed by atoms with E-state index in [-0.39, 0.29) is 11.7 Å². The Hall–Kier alpha value is -1.27. The van der Waals surface area contributed by atoms with Crippen LogP contribution in [0.4, 0.5) is 4.39 Å². The van der Waals surface area contributed by atoms with E-state index >= 15 is 0 Å². The van der Waals surface area contributed by atoms with E-state index in [2.05, 4.69) is 5.16 Å². The van der Waals surface area contributed by atoms with Crippen molar-refractivity contribution in [1.82, 2.24) is 0 Å². The Morgan fingerprint density at radius 1 is 1.59 bits per heavy atom. The zero-order chi connectivity index (χ0) is 12.7. The maximum atomic E-state index is 13.2. The number of ether oxygens (including phenoxy) is 1. The van der Waals surface area contributed by atoms with Gasteiger partial charge in [0.25, 0.3) is 0 Å². The first kappa shape index (κ1) is 13.8. The molecule has 0 aliphatic heterocycles. The van der Waals surface area contributed by atoms with Crippen LogP contribution in [-0.4, -0.2) is 29.5 Å². The highest BCUT2D eigenvalue weighted by Gasteiger charge is 2.07. The monoisotopic (exact) mass is 258 g/mol. The quantitative estimate of drug-likeness (QED) is 0.205. The van der Waals surface area contributed by atoms with Crippen LogP contribution in [0.25, 0.3) is 0 Å². The molecule has 1 aromatic rings. The third-order valence-corrected chi connectivity index (χ3v) is 3.09. The Morgan fingerprint density at radius 3 is 2.94 bits per heavy atom. The second kappa shape index (κ2) is 7.13. The van der Waals surface area contributed by atoms with Crippen LogP contribution in [0.5, 0.6) is 0 Å². The second-order valence-electron chi connectivity index (χ2n) is 3.32. The van der Waals surface area contributed by atoms with Crippen LogP contribution < -0.4 is 5.73 Å². The molecule has 6 heteroatoms. The number of hydrogen-bond donors (Lipinski definition) is 2. The normalized spacial score (nSPS) is 13.6. The van der Waals surface area contributed by atoms with Gasteiger partial charge in [0.2, 0.25) is 0 Å². The van der Waals surface area contributed by atoms with Crippen molar-refractivity contribution in [2.45, 2.75) is 17.9 Å². The molecule has 94 valence electrons. The second-order valence-corrected chi connectivity index (χ2v) is 4.45. The fourth-order valence-electron chi connectivity index (χ4n) is 1.10. The molecule has 17 heavy (non-hydrogen) atoms. The van der Waals surface area contributed by atoms with Gasteiger partial charge in [-0.3, -0.25) is 0 Å². The van der Waals surface area contributed by atoms with Crippen molar-refractivity contribution < 1.29 is 14.3 Å². The first-order valence-electron chi connectivity index (χ1n) is 5.11. The molecule has 0 saturated carbocycles. The molecule has 1 aromatic carbocycles. The summed E-state index contributed by atoms with van der Waals surface area (Å²) in [5, 5.41) is 11.2. The Morgan fingerprint density at radius 2 is 2.29 bits per heavy atom. The number of halogens is 1. The molecule has 0 spiro atoms. The van der Waals surface area contributed by atoms with Crippen LogP contribution in [-0.2, 0) is 4.74 Å². The van der Waals surface area contributed by atoms with E-state index in [0.29, 0.717) is 17.3 Å². The molecule has 1 unspecified atom stereocenters. The van der Waals surface area contributed by atoms with E-state index in [1.54, 1.807) is 25.1 Å². The molecule has 0 heterocycles. The van der Waals surface area contributed by atoms with Crippen LogP contribution in [0.1, 0.15) is 6.92 Å². The minimum absolute atomic E-state index is 0.0286. The van der Waals surface area contributed by atoms with Gasteiger partial charge in [-0.2, -0.15) is 0 Å². The van der Waals surface area contributed by atoms with Gasteiger partial charge in [-0.15, -0.1) is 11.8 Å². The van der Waals surface area contributed by atoms with E-state index in [9.17, 15) is 4.39 Å². The molecule has 1 atom stereocenters. The van der Waals surface area contributed by atoms with E-state index in [1.165, 1.54) is 17.8 Å². The van der Waals surface area contributed by atoms with E-state index in [0.717, 1.165) is 0 Å². The van der Waals surface area contributed by atoms with Crippen molar-refractivity contribution >= 4 is 17.6 Å². The maximum absolute atomic E-state index is 13.2. The van der Waals surface area contributed by atoms with Crippen molar-refractivity contribution in [3.63, 3.8) is 0 Å². The average Bonchev–Trinajstić information content (AvgIpc) is 2.35. The topological polar surface area (TPSA) is 67.8 Å². The Kier molecular flexibility index (Phi) is 5.79. The highest BCUT2D eigenvalue weighted by Crippen LogP contribution is 2.20. The summed E-state index contributed by atoms with van der Waals surface area (Å²) in [4.78, 5) is 0.590. The summed E-state index contributed by atoms with van der Waals surface area (Å²) in [7, 11) is 0. The van der Waals surface area contributed by atoms with Gasteiger partial charge in [0.05, 0.1) is 6.61 Å². The van der Waals surface area contributed by atoms with Gasteiger partial charge in [-0.05, 0) is 19.1 Å². The third-order valence-electron chi connectivity index (χ3n) is 2.08. The van der Waals surface area contributed by atoms with Crippen LogP contribution in [0, 0.1) is 5.82 Å². The minimum Gasteiger partial charge on any atom is -0.409 e. The van der Waals surface area contributed by atoms with Gasteiger partial charge in [-0.25, -0.2) is 4.39 Å². The summed E-state index contributed by atoms with van der Waals surface area (Å²) in [6, 6.07) is 6.57. The van der Waals surface area contributed by atoms with E-state index in [4.69, 9.17) is 15.7 Å². The number of thioether (sulfide) groups is 1. The summed E-state index contributed by atoms with van der Waals surface area (Å²) in [5.41, 5.74) is 5.34. The first-order chi connectivity index (χ1) is 8.15. The van der Waals surface area contributed by atoms with Crippen molar-refractivity contribution in [2.75, 3.05) is 12.4 Å². The van der Waals surface area contributed by atoms with Gasteiger partial charge in [0.1, 0.15) is 11.9 Å². The first-order valence-corrected chi connectivity index (χ1v) is 6.10. The number of hydrogen-bond acceptors (Lipinski definition) is 4. The maximum Gasteiger partial charge on any atom is 0.168 e. The lowest BCUT2D eigenvalue weighted by molar-refractivity contribution is 0.120. The molecular formula is C11H15FN2O2S. The molecule has 0 bridgehead atoms. The van der Waals surface area contributed by atoms with Crippen molar-refractivity contribution in [3.05, 3.63) is 30.1 Å².